The van der Waals surface area contributed by atoms with Crippen LogP contribution in [-0.2, 0) is 16.0 Å². The van der Waals surface area contributed by atoms with Crippen molar-refractivity contribution in [3.05, 3.63) is 59.3 Å². The molecule has 1 N–H and O–H groups in total. The minimum Gasteiger partial charge on any atom is -0.486 e. The zero-order valence-corrected chi connectivity index (χ0v) is 16.2. The number of amides is 1. The van der Waals surface area contributed by atoms with Crippen molar-refractivity contribution in [2.45, 2.75) is 17.4 Å². The van der Waals surface area contributed by atoms with Gasteiger partial charge in [-0.15, -0.1) is 0 Å². The van der Waals surface area contributed by atoms with Gasteiger partial charge in [-0.1, -0.05) is 30.3 Å². The molecule has 2 aliphatic heterocycles. The average molecular weight is 396 g/mol. The highest BCUT2D eigenvalue weighted by atomic mass is 32.2. The monoisotopic (exact) mass is 396 g/mol. The van der Waals surface area contributed by atoms with Crippen LogP contribution >= 0.6 is 11.9 Å². The Morgan fingerprint density at radius 3 is 2.64 bits per heavy atom. The molecule has 1 atom stereocenters. The van der Waals surface area contributed by atoms with Gasteiger partial charge in [-0.3, -0.25) is 4.79 Å². The molecule has 2 aromatic rings. The number of nitrogens with zero attached hydrogens (tertiary/aromatic N) is 1. The van der Waals surface area contributed by atoms with Gasteiger partial charge in [-0.2, -0.15) is 0 Å². The molecule has 0 fully saturated rings. The van der Waals surface area contributed by atoms with E-state index in [1.165, 1.54) is 11.9 Å². The van der Waals surface area contributed by atoms with Gasteiger partial charge in [-0.05, 0) is 47.7 Å². The van der Waals surface area contributed by atoms with Crippen LogP contribution in [0, 0.1) is 0 Å². The molecule has 1 amide bonds. The minimum atomic E-state index is -0.587. The Balaban J connectivity index is 1.53. The van der Waals surface area contributed by atoms with E-state index in [1.807, 2.05) is 55.6 Å². The van der Waals surface area contributed by atoms with Gasteiger partial charge in [0.2, 0.25) is 0 Å². The molecular formula is C21H20N2O4S. The lowest BCUT2D eigenvalue weighted by Crippen LogP contribution is -2.40. The number of ether oxygens (including phenoxy) is 2. The molecule has 144 valence electrons. The first-order valence-corrected chi connectivity index (χ1v) is 9.78. The lowest BCUT2D eigenvalue weighted by molar-refractivity contribution is -0.121. The van der Waals surface area contributed by atoms with E-state index >= 15 is 0 Å². The number of aldehydes is 1. The number of nitrogens with one attached hydrogen (secondary N) is 1. The van der Waals surface area contributed by atoms with Crippen LogP contribution in [0.3, 0.4) is 0 Å². The average Bonchev–Trinajstić information content (AvgIpc) is 2.72. The summed E-state index contributed by atoms with van der Waals surface area (Å²) in [7, 11) is 1.82. The fourth-order valence-electron chi connectivity index (χ4n) is 3.16. The first-order valence-electron chi connectivity index (χ1n) is 9.01. The van der Waals surface area contributed by atoms with Crippen LogP contribution in [-0.4, -0.2) is 42.8 Å². The van der Waals surface area contributed by atoms with Crippen molar-refractivity contribution in [2.24, 2.45) is 0 Å². The Morgan fingerprint density at radius 2 is 1.93 bits per heavy atom. The summed E-state index contributed by atoms with van der Waals surface area (Å²) in [5, 5.41) is 2.82. The number of rotatable bonds is 5. The highest BCUT2D eigenvalue weighted by Crippen LogP contribution is 2.42. The molecule has 0 bridgehead atoms. The van der Waals surface area contributed by atoms with Crippen LogP contribution in [0.15, 0.2) is 53.1 Å². The molecule has 6 nitrogen and oxygen atoms in total. The van der Waals surface area contributed by atoms with Crippen molar-refractivity contribution >= 4 is 30.2 Å². The Hall–Kier alpha value is -2.93. The normalized spacial score (nSPS) is 15.9. The second-order valence-corrected chi connectivity index (χ2v) is 7.73. The second-order valence-electron chi connectivity index (χ2n) is 6.56. The number of hydrogen-bond donors (Lipinski definition) is 1. The summed E-state index contributed by atoms with van der Waals surface area (Å²) in [4.78, 5) is 25.3. The van der Waals surface area contributed by atoms with Crippen LogP contribution in [0.2, 0.25) is 0 Å². The Morgan fingerprint density at radius 1 is 1.21 bits per heavy atom. The zero-order chi connectivity index (χ0) is 19.5. The van der Waals surface area contributed by atoms with Gasteiger partial charge < -0.3 is 23.9 Å². The van der Waals surface area contributed by atoms with Gasteiger partial charge >= 0.3 is 0 Å². The molecule has 0 saturated carbocycles. The molecule has 2 heterocycles. The SMILES string of the molecule is CN1Sc2cc3c(cc2C=C1C(=O)N[C@H](C=O)Cc1ccccc1)OCCO3. The van der Waals surface area contributed by atoms with Gasteiger partial charge in [0.25, 0.3) is 5.91 Å². The van der Waals surface area contributed by atoms with E-state index in [4.69, 9.17) is 9.47 Å². The van der Waals surface area contributed by atoms with Gasteiger partial charge in [0.05, 0.1) is 6.04 Å². The van der Waals surface area contributed by atoms with E-state index in [2.05, 4.69) is 5.32 Å². The molecule has 0 spiro atoms. The topological polar surface area (TPSA) is 67.9 Å². The summed E-state index contributed by atoms with van der Waals surface area (Å²) in [6.07, 6.45) is 3.04. The smallest absolute Gasteiger partial charge is 0.269 e. The molecular weight excluding hydrogens is 376 g/mol. The van der Waals surface area contributed by atoms with E-state index in [1.54, 1.807) is 4.31 Å². The van der Waals surface area contributed by atoms with Crippen LogP contribution in [0.5, 0.6) is 11.5 Å². The molecule has 0 unspecified atom stereocenters. The first kappa shape index (κ1) is 18.4. The summed E-state index contributed by atoms with van der Waals surface area (Å²) >= 11 is 1.44. The third kappa shape index (κ3) is 3.84. The number of carbonyl (C=O) groups excluding carboxylic acids is 2. The van der Waals surface area contributed by atoms with E-state index in [-0.39, 0.29) is 5.91 Å². The maximum atomic E-state index is 12.8. The third-order valence-electron chi connectivity index (χ3n) is 4.55. The summed E-state index contributed by atoms with van der Waals surface area (Å²) < 4.78 is 13.1. The fourth-order valence-corrected chi connectivity index (χ4v) is 4.08. The van der Waals surface area contributed by atoms with E-state index in [9.17, 15) is 9.59 Å². The zero-order valence-electron chi connectivity index (χ0n) is 15.4. The van der Waals surface area contributed by atoms with Gasteiger partial charge in [0, 0.05) is 11.9 Å². The van der Waals surface area contributed by atoms with Gasteiger partial charge in [0.15, 0.2) is 11.5 Å². The van der Waals surface area contributed by atoms with Crippen LogP contribution in [0.4, 0.5) is 0 Å². The van der Waals surface area contributed by atoms with E-state index in [0.717, 1.165) is 28.1 Å². The van der Waals surface area contributed by atoms with Crippen molar-refractivity contribution in [2.75, 3.05) is 20.3 Å². The number of fused-ring (bicyclic) bond motifs is 2. The number of carbonyl (C=O) groups is 2. The van der Waals surface area contributed by atoms with Crippen molar-refractivity contribution in [3.63, 3.8) is 0 Å². The third-order valence-corrected chi connectivity index (χ3v) is 5.57. The van der Waals surface area contributed by atoms with Crippen LogP contribution in [0.1, 0.15) is 11.1 Å². The lowest BCUT2D eigenvalue weighted by Gasteiger charge is -2.28. The van der Waals surface area contributed by atoms with Gasteiger partial charge in [0.1, 0.15) is 25.2 Å². The largest absolute Gasteiger partial charge is 0.486 e. The molecule has 0 aliphatic carbocycles. The number of likely N-dealkylation sites (N-methyl/N-ethyl adjacent to an activating group) is 1. The lowest BCUT2D eigenvalue weighted by atomic mass is 10.1. The van der Waals surface area contributed by atoms with Crippen LogP contribution in [0.25, 0.3) is 6.08 Å². The molecule has 0 saturated heterocycles. The summed E-state index contributed by atoms with van der Waals surface area (Å²) in [6.45, 7) is 1.04. The Bertz CT molecular complexity index is 930. The molecule has 28 heavy (non-hydrogen) atoms. The predicted molar refractivity (Wildman–Crippen MR) is 107 cm³/mol. The predicted octanol–water partition coefficient (Wildman–Crippen LogP) is 2.68. The van der Waals surface area contributed by atoms with Crippen molar-refractivity contribution in [1.82, 2.24) is 9.62 Å². The summed E-state index contributed by atoms with van der Waals surface area (Å²) in [5.41, 5.74) is 2.37. The first-order chi connectivity index (χ1) is 13.6. The second kappa shape index (κ2) is 7.98. The van der Waals surface area contributed by atoms with Crippen molar-refractivity contribution < 1.29 is 19.1 Å². The molecule has 0 aromatic heterocycles. The fraction of sp³-hybridized carbons (Fsp3) is 0.238. The van der Waals surface area contributed by atoms with Crippen molar-refractivity contribution in [3.8, 4) is 11.5 Å². The highest BCUT2D eigenvalue weighted by molar-refractivity contribution is 7.97. The van der Waals surface area contributed by atoms with E-state index in [0.29, 0.717) is 31.1 Å². The molecule has 7 heteroatoms. The summed E-state index contributed by atoms with van der Waals surface area (Å²) in [5.74, 6) is 1.11. The van der Waals surface area contributed by atoms with Gasteiger partial charge in [-0.25, -0.2) is 0 Å². The molecule has 2 aromatic carbocycles. The Kier molecular flexibility index (Phi) is 5.25. The maximum Gasteiger partial charge on any atom is 0.269 e. The molecule has 4 rings (SSSR count). The quantitative estimate of drug-likeness (QED) is 0.619. The highest BCUT2D eigenvalue weighted by Gasteiger charge is 2.26. The number of benzene rings is 2. The molecule has 0 radical (unpaired) electrons. The maximum absolute atomic E-state index is 12.8. The minimum absolute atomic E-state index is 0.288. The standard InChI is InChI=1S/C21H20N2O4S/c1-23-17(21(25)22-16(13-24)9-14-5-3-2-4-6-14)10-15-11-18-19(12-20(15)28-23)27-8-7-26-18/h2-6,10-13,16H,7-9H2,1H3,(H,22,25)/t16-/m0/s1. The number of hydrogen-bond acceptors (Lipinski definition) is 6. The summed E-state index contributed by atoms with van der Waals surface area (Å²) in [6, 6.07) is 12.8. The molecule has 2 aliphatic rings. The van der Waals surface area contributed by atoms with Crippen LogP contribution < -0.4 is 14.8 Å². The van der Waals surface area contributed by atoms with E-state index < -0.39 is 6.04 Å². The Labute approximate surface area is 167 Å². The van der Waals surface area contributed by atoms with Crippen molar-refractivity contribution in [1.29, 1.82) is 0 Å².